The summed E-state index contributed by atoms with van der Waals surface area (Å²) in [7, 11) is 1.55. The Labute approximate surface area is 142 Å². The molecule has 6 heteroatoms. The first kappa shape index (κ1) is 16.5. The van der Waals surface area contributed by atoms with Gasteiger partial charge < -0.3 is 9.84 Å². The molecule has 124 valence electrons. The molecule has 1 atom stereocenters. The summed E-state index contributed by atoms with van der Waals surface area (Å²) in [5.74, 6) is -0.713. The van der Waals surface area contributed by atoms with Gasteiger partial charge >= 0.3 is 0 Å². The van der Waals surface area contributed by atoms with E-state index in [0.717, 1.165) is 6.07 Å². The van der Waals surface area contributed by atoms with E-state index in [4.69, 9.17) is 4.74 Å². The van der Waals surface area contributed by atoms with Crippen LogP contribution in [0.15, 0.2) is 47.8 Å². The summed E-state index contributed by atoms with van der Waals surface area (Å²) >= 11 is 1.22. The molecule has 0 fully saturated rings. The van der Waals surface area contributed by atoms with Crippen LogP contribution in [0.1, 0.15) is 17.5 Å². The number of hydrogen-bond acceptors (Lipinski definition) is 4. The minimum absolute atomic E-state index is 0.330. The molecule has 1 aromatic heterocycles. The highest BCUT2D eigenvalue weighted by atomic mass is 32.1. The minimum atomic E-state index is -1.34. The van der Waals surface area contributed by atoms with Crippen LogP contribution in [-0.2, 0) is 5.60 Å². The Bertz CT molecular complexity index is 857. The lowest BCUT2D eigenvalue weighted by atomic mass is 9.96. The van der Waals surface area contributed by atoms with Gasteiger partial charge in [-0.3, -0.25) is 0 Å². The van der Waals surface area contributed by atoms with Gasteiger partial charge in [0.05, 0.1) is 12.8 Å². The number of methoxy groups -OCH3 is 1. The molecule has 0 spiro atoms. The zero-order valence-corrected chi connectivity index (χ0v) is 13.9. The number of rotatable bonds is 4. The van der Waals surface area contributed by atoms with Crippen molar-refractivity contribution in [1.82, 2.24) is 4.98 Å². The van der Waals surface area contributed by atoms with Crippen LogP contribution in [0.25, 0.3) is 11.3 Å². The summed E-state index contributed by atoms with van der Waals surface area (Å²) in [5.41, 5.74) is 0.0183. The van der Waals surface area contributed by atoms with Crippen molar-refractivity contribution < 1.29 is 18.6 Å². The van der Waals surface area contributed by atoms with Crippen molar-refractivity contribution in [3.8, 4) is 17.0 Å². The molecule has 0 aliphatic rings. The molecule has 0 radical (unpaired) electrons. The summed E-state index contributed by atoms with van der Waals surface area (Å²) in [6, 6.07) is 10.3. The monoisotopic (exact) mass is 347 g/mol. The molecule has 2 aromatic carbocycles. The second-order valence-electron chi connectivity index (χ2n) is 5.50. The van der Waals surface area contributed by atoms with Crippen LogP contribution in [0.4, 0.5) is 8.78 Å². The maximum Gasteiger partial charge on any atom is 0.138 e. The van der Waals surface area contributed by atoms with Crippen molar-refractivity contribution in [1.29, 1.82) is 0 Å². The fraction of sp³-hybridized carbons (Fsp3) is 0.167. The Hall–Kier alpha value is -2.31. The summed E-state index contributed by atoms with van der Waals surface area (Å²) < 4.78 is 31.9. The average molecular weight is 347 g/mol. The van der Waals surface area contributed by atoms with Crippen LogP contribution in [-0.4, -0.2) is 17.2 Å². The lowest BCUT2D eigenvalue weighted by Crippen LogP contribution is -2.22. The normalized spacial score (nSPS) is 13.5. The third kappa shape index (κ3) is 3.16. The second kappa shape index (κ2) is 6.30. The van der Waals surface area contributed by atoms with Crippen molar-refractivity contribution in [3.05, 3.63) is 70.1 Å². The fourth-order valence-corrected chi connectivity index (χ4v) is 3.29. The van der Waals surface area contributed by atoms with Gasteiger partial charge in [-0.15, -0.1) is 11.3 Å². The van der Waals surface area contributed by atoms with E-state index in [-0.39, 0.29) is 0 Å². The zero-order valence-electron chi connectivity index (χ0n) is 13.1. The predicted octanol–water partition coefficient (Wildman–Crippen LogP) is 4.35. The number of thiazole rings is 1. The van der Waals surface area contributed by atoms with E-state index in [1.807, 2.05) is 0 Å². The average Bonchev–Trinajstić information content (AvgIpc) is 3.05. The SMILES string of the molecule is COc1cccc(C(C)(O)c2nc(-c3cc(F)cc(F)c3)cs2)c1. The highest BCUT2D eigenvalue weighted by Gasteiger charge is 2.29. The molecule has 0 saturated carbocycles. The molecule has 0 aliphatic carbocycles. The third-order valence-electron chi connectivity index (χ3n) is 3.71. The molecule has 1 unspecified atom stereocenters. The molecule has 0 aliphatic heterocycles. The minimum Gasteiger partial charge on any atom is -0.497 e. The summed E-state index contributed by atoms with van der Waals surface area (Å²) in [6.07, 6.45) is 0. The standard InChI is InChI=1S/C18H15F2NO2S/c1-18(22,12-4-3-5-15(8-12)23-2)17-21-16(10-24-17)11-6-13(19)9-14(20)7-11/h3-10,22H,1-2H3. The second-order valence-corrected chi connectivity index (χ2v) is 6.36. The summed E-state index contributed by atoms with van der Waals surface area (Å²) in [4.78, 5) is 4.36. The number of benzene rings is 2. The van der Waals surface area contributed by atoms with Crippen molar-refractivity contribution >= 4 is 11.3 Å². The van der Waals surface area contributed by atoms with Crippen molar-refractivity contribution in [3.63, 3.8) is 0 Å². The molecular weight excluding hydrogens is 332 g/mol. The number of aliphatic hydroxyl groups is 1. The van der Waals surface area contributed by atoms with Crippen molar-refractivity contribution in [2.45, 2.75) is 12.5 Å². The first-order valence-corrected chi connectivity index (χ1v) is 8.07. The fourth-order valence-electron chi connectivity index (χ4n) is 2.38. The lowest BCUT2D eigenvalue weighted by molar-refractivity contribution is 0.102. The number of hydrogen-bond donors (Lipinski definition) is 1. The Balaban J connectivity index is 1.99. The van der Waals surface area contributed by atoms with Gasteiger partial charge in [0, 0.05) is 17.0 Å². The molecule has 3 rings (SSSR count). The predicted molar refractivity (Wildman–Crippen MR) is 89.1 cm³/mol. The molecule has 0 saturated heterocycles. The highest BCUT2D eigenvalue weighted by molar-refractivity contribution is 7.10. The van der Waals surface area contributed by atoms with Crippen molar-refractivity contribution in [2.75, 3.05) is 7.11 Å². The van der Waals surface area contributed by atoms with E-state index >= 15 is 0 Å². The molecule has 3 aromatic rings. The number of ether oxygens (including phenoxy) is 1. The van der Waals surface area contributed by atoms with Gasteiger partial charge in [0.25, 0.3) is 0 Å². The van der Waals surface area contributed by atoms with Crippen LogP contribution >= 0.6 is 11.3 Å². The van der Waals surface area contributed by atoms with E-state index in [9.17, 15) is 13.9 Å². The maximum absolute atomic E-state index is 13.4. The van der Waals surface area contributed by atoms with E-state index in [1.165, 1.54) is 23.5 Å². The summed E-state index contributed by atoms with van der Waals surface area (Å²) in [6.45, 7) is 1.62. The summed E-state index contributed by atoms with van der Waals surface area (Å²) in [5, 5.41) is 13.0. The van der Waals surface area contributed by atoms with Gasteiger partial charge in [0.2, 0.25) is 0 Å². The van der Waals surface area contributed by atoms with E-state index in [2.05, 4.69) is 4.98 Å². The van der Waals surface area contributed by atoms with Crippen molar-refractivity contribution in [2.24, 2.45) is 0 Å². The first-order valence-electron chi connectivity index (χ1n) is 7.19. The van der Waals surface area contributed by atoms with Crippen LogP contribution in [0.5, 0.6) is 5.75 Å². The Morgan fingerprint density at radius 3 is 2.50 bits per heavy atom. The zero-order chi connectivity index (χ0) is 17.3. The molecule has 24 heavy (non-hydrogen) atoms. The van der Waals surface area contributed by atoms with Gasteiger partial charge in [-0.05, 0) is 36.8 Å². The van der Waals surface area contributed by atoms with Crippen LogP contribution in [0.3, 0.4) is 0 Å². The highest BCUT2D eigenvalue weighted by Crippen LogP contribution is 2.35. The quantitative estimate of drug-likeness (QED) is 0.763. The number of nitrogens with zero attached hydrogens (tertiary/aromatic N) is 1. The Morgan fingerprint density at radius 1 is 1.12 bits per heavy atom. The smallest absolute Gasteiger partial charge is 0.138 e. The Morgan fingerprint density at radius 2 is 1.83 bits per heavy atom. The molecule has 0 bridgehead atoms. The van der Waals surface area contributed by atoms with E-state index in [1.54, 1.807) is 43.7 Å². The molecular formula is C18H15F2NO2S. The first-order chi connectivity index (χ1) is 11.4. The maximum atomic E-state index is 13.4. The number of aromatic nitrogens is 1. The lowest BCUT2D eigenvalue weighted by Gasteiger charge is -2.21. The van der Waals surface area contributed by atoms with Gasteiger partial charge in [0.1, 0.15) is 28.0 Å². The molecule has 3 nitrogen and oxygen atoms in total. The van der Waals surface area contributed by atoms with E-state index in [0.29, 0.717) is 27.6 Å². The van der Waals surface area contributed by atoms with Gasteiger partial charge in [-0.2, -0.15) is 0 Å². The number of halogens is 2. The van der Waals surface area contributed by atoms with Crippen LogP contribution in [0.2, 0.25) is 0 Å². The molecule has 1 N–H and O–H groups in total. The topological polar surface area (TPSA) is 42.4 Å². The molecule has 0 amide bonds. The Kier molecular flexibility index (Phi) is 4.34. The molecule has 1 heterocycles. The van der Waals surface area contributed by atoms with Crippen LogP contribution < -0.4 is 4.74 Å². The van der Waals surface area contributed by atoms with Crippen LogP contribution in [0, 0.1) is 11.6 Å². The van der Waals surface area contributed by atoms with Gasteiger partial charge in [0.15, 0.2) is 0 Å². The van der Waals surface area contributed by atoms with Gasteiger partial charge in [-0.1, -0.05) is 12.1 Å². The van der Waals surface area contributed by atoms with E-state index < -0.39 is 17.2 Å². The third-order valence-corrected chi connectivity index (χ3v) is 4.76. The largest absolute Gasteiger partial charge is 0.497 e. The van der Waals surface area contributed by atoms with Gasteiger partial charge in [-0.25, -0.2) is 13.8 Å².